The van der Waals surface area contributed by atoms with Crippen molar-refractivity contribution in [3.05, 3.63) is 23.1 Å². The van der Waals surface area contributed by atoms with Crippen LogP contribution in [0.1, 0.15) is 21.9 Å². The van der Waals surface area contributed by atoms with Crippen LogP contribution in [0.5, 0.6) is 0 Å². The molecule has 0 fully saturated rings. The maximum Gasteiger partial charge on any atom is 0.269 e. The molecule has 0 aromatic carbocycles. The summed E-state index contributed by atoms with van der Waals surface area (Å²) in [4.78, 5) is 12.1. The van der Waals surface area contributed by atoms with Crippen molar-refractivity contribution in [3.8, 4) is 11.3 Å². The molecule has 8 heteroatoms. The van der Waals surface area contributed by atoms with E-state index in [9.17, 15) is 4.79 Å². The summed E-state index contributed by atoms with van der Waals surface area (Å²) in [5, 5.41) is 17.4. The van der Waals surface area contributed by atoms with Gasteiger partial charge in [-0.25, -0.2) is 0 Å². The second-order valence-corrected chi connectivity index (χ2v) is 5.33. The summed E-state index contributed by atoms with van der Waals surface area (Å²) in [7, 11) is 3.55. The Bertz CT molecular complexity index is 661. The minimum Gasteiger partial charge on any atom is -0.383 e. The zero-order valence-electron chi connectivity index (χ0n) is 14.1. The summed E-state index contributed by atoms with van der Waals surface area (Å²) in [6.07, 6.45) is 0. The molecule has 3 N–H and O–H groups in total. The highest BCUT2D eigenvalue weighted by Gasteiger charge is 2.16. The highest BCUT2D eigenvalue weighted by molar-refractivity contribution is 5.93. The molecule has 0 atom stereocenters. The van der Waals surface area contributed by atoms with Crippen LogP contribution < -0.4 is 10.6 Å². The van der Waals surface area contributed by atoms with Crippen LogP contribution in [0.3, 0.4) is 0 Å². The average Bonchev–Trinajstić information content (AvgIpc) is 3.08. The first-order valence-electron chi connectivity index (χ1n) is 7.58. The Hall–Kier alpha value is -2.19. The molecule has 0 unspecified atom stereocenters. The zero-order chi connectivity index (χ0) is 16.8. The summed E-state index contributed by atoms with van der Waals surface area (Å²) in [5.74, 6) is -0.170. The lowest BCUT2D eigenvalue weighted by Gasteiger charge is -2.05. The molecule has 0 spiro atoms. The van der Waals surface area contributed by atoms with Crippen molar-refractivity contribution in [2.45, 2.75) is 13.8 Å². The van der Waals surface area contributed by atoms with E-state index in [1.807, 2.05) is 25.6 Å². The van der Waals surface area contributed by atoms with E-state index >= 15 is 0 Å². The molecular formula is C15H24N6O2. The van der Waals surface area contributed by atoms with Gasteiger partial charge < -0.3 is 15.4 Å². The van der Waals surface area contributed by atoms with Gasteiger partial charge in [-0.15, -0.1) is 0 Å². The Morgan fingerprint density at radius 2 is 2.13 bits per heavy atom. The van der Waals surface area contributed by atoms with E-state index in [2.05, 4.69) is 25.9 Å². The fourth-order valence-electron chi connectivity index (χ4n) is 2.37. The second-order valence-electron chi connectivity index (χ2n) is 5.33. The normalized spacial score (nSPS) is 11.0. The van der Waals surface area contributed by atoms with Crippen LogP contribution in [0, 0.1) is 13.8 Å². The summed E-state index contributed by atoms with van der Waals surface area (Å²) in [5.41, 5.74) is 4.05. The number of aromatic amines is 1. The molecule has 1 amide bonds. The molecule has 2 rings (SSSR count). The first-order valence-corrected chi connectivity index (χ1v) is 7.58. The molecule has 0 aliphatic carbocycles. The van der Waals surface area contributed by atoms with Gasteiger partial charge in [0.05, 0.1) is 18.0 Å². The lowest BCUT2D eigenvalue weighted by molar-refractivity contribution is 0.0948. The van der Waals surface area contributed by atoms with Gasteiger partial charge in [0, 0.05) is 45.0 Å². The van der Waals surface area contributed by atoms with Crippen molar-refractivity contribution < 1.29 is 9.53 Å². The molecule has 0 saturated heterocycles. The number of amides is 1. The van der Waals surface area contributed by atoms with Gasteiger partial charge in [-0.05, 0) is 19.9 Å². The van der Waals surface area contributed by atoms with Crippen molar-refractivity contribution in [1.29, 1.82) is 0 Å². The largest absolute Gasteiger partial charge is 0.383 e. The fourth-order valence-corrected chi connectivity index (χ4v) is 2.37. The maximum absolute atomic E-state index is 12.1. The predicted molar refractivity (Wildman–Crippen MR) is 87.3 cm³/mol. The molecule has 0 aliphatic rings. The van der Waals surface area contributed by atoms with E-state index in [0.717, 1.165) is 29.2 Å². The van der Waals surface area contributed by atoms with Crippen molar-refractivity contribution in [2.75, 3.05) is 33.4 Å². The Kier molecular flexibility index (Phi) is 5.89. The lowest BCUT2D eigenvalue weighted by atomic mass is 10.1. The van der Waals surface area contributed by atoms with Gasteiger partial charge in [-0.1, -0.05) is 0 Å². The van der Waals surface area contributed by atoms with E-state index in [1.165, 1.54) is 0 Å². The number of methoxy groups -OCH3 is 1. The molecule has 2 aromatic rings. The molecule has 2 aromatic heterocycles. The maximum atomic E-state index is 12.1. The van der Waals surface area contributed by atoms with Crippen LogP contribution in [0.2, 0.25) is 0 Å². The Labute approximate surface area is 135 Å². The van der Waals surface area contributed by atoms with Gasteiger partial charge in [0.15, 0.2) is 0 Å². The van der Waals surface area contributed by atoms with Crippen molar-refractivity contribution in [1.82, 2.24) is 30.6 Å². The SMILES string of the molecule is COCCNCCNC(=O)c1cc(-c2c(C)nn(C)c2C)n[nH]1. The number of H-pyrrole nitrogens is 1. The summed E-state index contributed by atoms with van der Waals surface area (Å²) in [6, 6.07) is 1.75. The smallest absolute Gasteiger partial charge is 0.269 e. The van der Waals surface area contributed by atoms with Gasteiger partial charge in [-0.3, -0.25) is 14.6 Å². The standard InChI is InChI=1S/C15H24N6O2/c1-10-14(11(2)21(3)20-10)12-9-13(19-18-12)15(22)17-6-5-16-7-8-23-4/h9,16H,5-8H2,1-4H3,(H,17,22)(H,18,19). The number of aryl methyl sites for hydroxylation is 2. The summed E-state index contributed by atoms with van der Waals surface area (Å²) >= 11 is 0. The average molecular weight is 320 g/mol. The number of ether oxygens (including phenoxy) is 1. The third kappa shape index (κ3) is 4.17. The van der Waals surface area contributed by atoms with Crippen LogP contribution in [0.15, 0.2) is 6.07 Å². The van der Waals surface area contributed by atoms with Gasteiger partial charge in [0.25, 0.3) is 5.91 Å². The van der Waals surface area contributed by atoms with Crippen LogP contribution >= 0.6 is 0 Å². The molecule has 8 nitrogen and oxygen atoms in total. The highest BCUT2D eigenvalue weighted by atomic mass is 16.5. The lowest BCUT2D eigenvalue weighted by Crippen LogP contribution is -2.33. The van der Waals surface area contributed by atoms with Crippen LogP contribution in [-0.2, 0) is 11.8 Å². The highest BCUT2D eigenvalue weighted by Crippen LogP contribution is 2.24. The minimum absolute atomic E-state index is 0.170. The Morgan fingerprint density at radius 3 is 2.78 bits per heavy atom. The molecular weight excluding hydrogens is 296 g/mol. The van der Waals surface area contributed by atoms with Crippen LogP contribution in [-0.4, -0.2) is 59.2 Å². The fraction of sp³-hybridized carbons (Fsp3) is 0.533. The van der Waals surface area contributed by atoms with Gasteiger partial charge >= 0.3 is 0 Å². The quantitative estimate of drug-likeness (QED) is 0.612. The first kappa shape index (κ1) is 17.2. The summed E-state index contributed by atoms with van der Waals surface area (Å²) < 4.78 is 6.74. The molecule has 126 valence electrons. The first-order chi connectivity index (χ1) is 11.0. The van der Waals surface area contributed by atoms with Gasteiger partial charge in [0.1, 0.15) is 5.69 Å². The number of nitrogens with zero attached hydrogens (tertiary/aromatic N) is 3. The van der Waals surface area contributed by atoms with Crippen LogP contribution in [0.25, 0.3) is 11.3 Å². The Balaban J connectivity index is 1.92. The predicted octanol–water partition coefficient (Wildman–Crippen LogP) is 0.393. The van der Waals surface area contributed by atoms with Crippen molar-refractivity contribution in [3.63, 3.8) is 0 Å². The number of carbonyl (C=O) groups excluding carboxylic acids is 1. The molecule has 23 heavy (non-hydrogen) atoms. The number of carbonyl (C=O) groups is 1. The van der Waals surface area contributed by atoms with Crippen molar-refractivity contribution >= 4 is 5.91 Å². The molecule has 0 saturated carbocycles. The third-order valence-electron chi connectivity index (χ3n) is 3.66. The number of aromatic nitrogens is 4. The molecule has 0 aliphatic heterocycles. The zero-order valence-corrected chi connectivity index (χ0v) is 14.1. The van der Waals surface area contributed by atoms with E-state index in [1.54, 1.807) is 13.2 Å². The van der Waals surface area contributed by atoms with Gasteiger partial charge in [-0.2, -0.15) is 10.2 Å². The van der Waals surface area contributed by atoms with E-state index in [0.29, 0.717) is 25.4 Å². The van der Waals surface area contributed by atoms with Crippen LogP contribution in [0.4, 0.5) is 0 Å². The Morgan fingerprint density at radius 1 is 1.35 bits per heavy atom. The van der Waals surface area contributed by atoms with Crippen molar-refractivity contribution in [2.24, 2.45) is 7.05 Å². The number of rotatable bonds is 8. The summed E-state index contributed by atoms with van der Waals surface area (Å²) in [6.45, 7) is 6.57. The molecule has 0 radical (unpaired) electrons. The van der Waals surface area contributed by atoms with E-state index < -0.39 is 0 Å². The number of hydrogen-bond acceptors (Lipinski definition) is 5. The third-order valence-corrected chi connectivity index (χ3v) is 3.66. The van der Waals surface area contributed by atoms with E-state index in [4.69, 9.17) is 4.74 Å². The topological polar surface area (TPSA) is 96.9 Å². The molecule has 2 heterocycles. The minimum atomic E-state index is -0.170. The molecule has 0 bridgehead atoms. The number of hydrogen-bond donors (Lipinski definition) is 3. The monoisotopic (exact) mass is 320 g/mol. The van der Waals surface area contributed by atoms with E-state index in [-0.39, 0.29) is 5.91 Å². The second kappa shape index (κ2) is 7.89. The number of nitrogens with one attached hydrogen (secondary N) is 3. The van der Waals surface area contributed by atoms with Gasteiger partial charge in [0.2, 0.25) is 0 Å².